The van der Waals surface area contributed by atoms with E-state index >= 15 is 0 Å². The van der Waals surface area contributed by atoms with Crippen molar-refractivity contribution in [3.05, 3.63) is 17.6 Å². The predicted molar refractivity (Wildman–Crippen MR) is 42.9 cm³/mol. The zero-order chi connectivity index (χ0) is 9.35. The van der Waals surface area contributed by atoms with E-state index in [1.54, 1.807) is 13.8 Å². The minimum absolute atomic E-state index is 0.150. The van der Waals surface area contributed by atoms with Crippen LogP contribution in [0.25, 0.3) is 0 Å². The molecule has 0 saturated carbocycles. The van der Waals surface area contributed by atoms with E-state index < -0.39 is 10.0 Å². The number of sulfonamides is 1. The molecule has 0 aliphatic rings. The van der Waals surface area contributed by atoms with Crippen molar-refractivity contribution in [3.8, 4) is 0 Å². The monoisotopic (exact) mass is 187 g/mol. The smallest absolute Gasteiger partial charge is 0.257 e. The Kier molecular flexibility index (Phi) is 2.12. The Labute approximate surface area is 70.7 Å². The molecule has 0 spiro atoms. The van der Waals surface area contributed by atoms with Crippen LogP contribution in [0.3, 0.4) is 0 Å². The molecule has 1 heterocycles. The molecule has 66 valence electrons. The maximum atomic E-state index is 10.9. The second kappa shape index (κ2) is 2.80. The molecule has 1 aromatic heterocycles. The molecule has 0 atom stereocenters. The van der Waals surface area contributed by atoms with Gasteiger partial charge in [-0.1, -0.05) is 0 Å². The Morgan fingerprint density at radius 3 is 2.42 bits per heavy atom. The molecular weight excluding hydrogens is 178 g/mol. The van der Waals surface area contributed by atoms with Gasteiger partial charge in [0.15, 0.2) is 5.03 Å². The Morgan fingerprint density at radius 1 is 1.42 bits per heavy atom. The summed E-state index contributed by atoms with van der Waals surface area (Å²) in [5, 5.41) is 4.75. The van der Waals surface area contributed by atoms with E-state index in [1.165, 1.54) is 6.20 Å². The quantitative estimate of drug-likeness (QED) is 0.656. The van der Waals surface area contributed by atoms with Crippen LogP contribution in [0, 0.1) is 13.8 Å². The summed E-state index contributed by atoms with van der Waals surface area (Å²) in [7, 11) is -3.73. The van der Waals surface area contributed by atoms with Gasteiger partial charge in [0.2, 0.25) is 0 Å². The molecule has 0 fully saturated rings. The molecule has 0 bridgehead atoms. The lowest BCUT2D eigenvalue weighted by molar-refractivity contribution is 0.591. The zero-order valence-electron chi connectivity index (χ0n) is 6.77. The van der Waals surface area contributed by atoms with Gasteiger partial charge in [0.05, 0.1) is 11.4 Å². The van der Waals surface area contributed by atoms with Crippen LogP contribution in [-0.2, 0) is 10.0 Å². The first-order valence-electron chi connectivity index (χ1n) is 3.24. The van der Waals surface area contributed by atoms with Crippen LogP contribution in [0.5, 0.6) is 0 Å². The molecule has 1 rings (SSSR count). The summed E-state index contributed by atoms with van der Waals surface area (Å²) in [6.07, 6.45) is 1.49. The minimum Gasteiger partial charge on any atom is -0.257 e. The van der Waals surface area contributed by atoms with Crippen LogP contribution in [0.4, 0.5) is 0 Å². The first-order chi connectivity index (χ1) is 5.41. The molecule has 0 aliphatic carbocycles. The number of nitrogens with two attached hydrogens (primary N) is 1. The van der Waals surface area contributed by atoms with E-state index in [-0.39, 0.29) is 5.03 Å². The van der Waals surface area contributed by atoms with Gasteiger partial charge in [-0.2, -0.15) is 0 Å². The summed E-state index contributed by atoms with van der Waals surface area (Å²) in [4.78, 5) is 7.59. The third-order valence-corrected chi connectivity index (χ3v) is 2.23. The molecule has 5 nitrogen and oxygen atoms in total. The van der Waals surface area contributed by atoms with Gasteiger partial charge in [-0.3, -0.25) is 4.98 Å². The first kappa shape index (κ1) is 9.08. The number of aryl methyl sites for hydroxylation is 2. The lowest BCUT2D eigenvalue weighted by Crippen LogP contribution is -2.16. The third kappa shape index (κ3) is 1.77. The highest BCUT2D eigenvalue weighted by molar-refractivity contribution is 7.89. The van der Waals surface area contributed by atoms with Crippen molar-refractivity contribution in [1.82, 2.24) is 9.97 Å². The molecule has 0 saturated heterocycles. The Balaban J connectivity index is 3.43. The Hall–Kier alpha value is -1.01. The summed E-state index contributed by atoms with van der Waals surface area (Å²) in [5.41, 5.74) is 0.854. The van der Waals surface area contributed by atoms with E-state index in [4.69, 9.17) is 5.14 Å². The van der Waals surface area contributed by atoms with E-state index in [2.05, 4.69) is 9.97 Å². The summed E-state index contributed by atoms with van der Waals surface area (Å²) in [6.45, 7) is 3.20. The van der Waals surface area contributed by atoms with Crippen molar-refractivity contribution in [1.29, 1.82) is 0 Å². The fourth-order valence-corrected chi connectivity index (χ4v) is 1.52. The van der Waals surface area contributed by atoms with Gasteiger partial charge in [0.1, 0.15) is 0 Å². The number of hydrogen-bond acceptors (Lipinski definition) is 4. The topological polar surface area (TPSA) is 85.9 Å². The van der Waals surface area contributed by atoms with Crippen LogP contribution in [0.2, 0.25) is 0 Å². The molecular formula is C6H9N3O2S. The molecule has 0 radical (unpaired) electrons. The number of hydrogen-bond donors (Lipinski definition) is 1. The number of rotatable bonds is 1. The van der Waals surface area contributed by atoms with Gasteiger partial charge >= 0.3 is 0 Å². The number of aromatic nitrogens is 2. The highest BCUT2D eigenvalue weighted by Gasteiger charge is 2.13. The summed E-state index contributed by atoms with van der Waals surface area (Å²) in [6, 6.07) is 0. The second-order valence-electron chi connectivity index (χ2n) is 2.45. The predicted octanol–water partition coefficient (Wildman–Crippen LogP) is -0.259. The standard InChI is InChI=1S/C6H9N3O2S/c1-4-3-8-5(2)6(9-4)12(7,10)11/h3H,1-2H3,(H2,7,10,11). The van der Waals surface area contributed by atoms with Gasteiger partial charge in [0.25, 0.3) is 10.0 Å². The molecule has 12 heavy (non-hydrogen) atoms. The van der Waals surface area contributed by atoms with Gasteiger partial charge in [-0.15, -0.1) is 0 Å². The van der Waals surface area contributed by atoms with Gasteiger partial charge in [-0.25, -0.2) is 18.5 Å². The van der Waals surface area contributed by atoms with Crippen molar-refractivity contribution in [2.45, 2.75) is 18.9 Å². The van der Waals surface area contributed by atoms with Crippen molar-refractivity contribution in [2.24, 2.45) is 5.14 Å². The first-order valence-corrected chi connectivity index (χ1v) is 4.79. The maximum absolute atomic E-state index is 10.9. The third-order valence-electron chi connectivity index (χ3n) is 1.30. The molecule has 0 unspecified atom stereocenters. The fourth-order valence-electron chi connectivity index (χ4n) is 0.785. The highest BCUT2D eigenvalue weighted by atomic mass is 32.2. The fraction of sp³-hybridized carbons (Fsp3) is 0.333. The summed E-state index contributed by atoms with van der Waals surface area (Å²) < 4.78 is 21.8. The minimum atomic E-state index is -3.73. The van der Waals surface area contributed by atoms with Crippen LogP contribution in [0.15, 0.2) is 11.2 Å². The van der Waals surface area contributed by atoms with Crippen LogP contribution >= 0.6 is 0 Å². The molecule has 1 aromatic rings. The average Bonchev–Trinajstić information content (AvgIpc) is 1.92. The lowest BCUT2D eigenvalue weighted by atomic mass is 10.4. The maximum Gasteiger partial charge on any atom is 0.257 e. The Bertz CT molecular complexity index is 399. The molecule has 0 amide bonds. The lowest BCUT2D eigenvalue weighted by Gasteiger charge is -2.00. The van der Waals surface area contributed by atoms with Crippen molar-refractivity contribution in [2.75, 3.05) is 0 Å². The van der Waals surface area contributed by atoms with E-state index in [0.717, 1.165) is 0 Å². The van der Waals surface area contributed by atoms with Crippen LogP contribution in [-0.4, -0.2) is 18.4 Å². The number of nitrogens with zero attached hydrogens (tertiary/aromatic N) is 2. The van der Waals surface area contributed by atoms with Crippen molar-refractivity contribution < 1.29 is 8.42 Å². The van der Waals surface area contributed by atoms with E-state index in [9.17, 15) is 8.42 Å². The van der Waals surface area contributed by atoms with Crippen molar-refractivity contribution >= 4 is 10.0 Å². The van der Waals surface area contributed by atoms with Crippen LogP contribution < -0.4 is 5.14 Å². The zero-order valence-corrected chi connectivity index (χ0v) is 7.59. The van der Waals surface area contributed by atoms with E-state index in [0.29, 0.717) is 11.4 Å². The molecule has 2 N–H and O–H groups in total. The molecule has 6 heteroatoms. The SMILES string of the molecule is Cc1cnc(C)c(S(N)(=O)=O)n1. The highest BCUT2D eigenvalue weighted by Crippen LogP contribution is 2.06. The average molecular weight is 187 g/mol. The van der Waals surface area contributed by atoms with Gasteiger partial charge in [-0.05, 0) is 13.8 Å². The summed E-state index contributed by atoms with van der Waals surface area (Å²) in [5.74, 6) is 0. The Morgan fingerprint density at radius 2 is 2.00 bits per heavy atom. The molecule has 0 aromatic carbocycles. The normalized spacial score (nSPS) is 11.6. The van der Waals surface area contributed by atoms with Crippen molar-refractivity contribution in [3.63, 3.8) is 0 Å². The van der Waals surface area contributed by atoms with E-state index in [1.807, 2.05) is 0 Å². The van der Waals surface area contributed by atoms with Gasteiger partial charge < -0.3 is 0 Å². The second-order valence-corrected chi connectivity index (χ2v) is 3.92. The van der Waals surface area contributed by atoms with Gasteiger partial charge in [0, 0.05) is 6.20 Å². The largest absolute Gasteiger partial charge is 0.257 e. The number of primary sulfonamides is 1. The van der Waals surface area contributed by atoms with Crippen LogP contribution in [0.1, 0.15) is 11.4 Å². The summed E-state index contributed by atoms with van der Waals surface area (Å²) >= 11 is 0. The molecule has 0 aliphatic heterocycles.